The van der Waals surface area contributed by atoms with Gasteiger partial charge in [0.2, 0.25) is 0 Å². The van der Waals surface area contributed by atoms with E-state index in [1.54, 1.807) is 38.5 Å². The van der Waals surface area contributed by atoms with Gasteiger partial charge in [0.1, 0.15) is 85.3 Å². The number of benzene rings is 4. The predicted octanol–water partition coefficient (Wildman–Crippen LogP) is 6.13. The second kappa shape index (κ2) is 28.5. The summed E-state index contributed by atoms with van der Waals surface area (Å²) in [5.41, 5.74) is 0.954. The number of hydrogen-bond donors (Lipinski definition) is 6. The van der Waals surface area contributed by atoms with Gasteiger partial charge in [-0.25, -0.2) is 0 Å². The Balaban J connectivity index is 0.000000247. The van der Waals surface area contributed by atoms with Crippen LogP contribution >= 0.6 is 34.8 Å². The average Bonchev–Trinajstić information content (AvgIpc) is 3.33. The van der Waals surface area contributed by atoms with Gasteiger partial charge in [-0.3, -0.25) is 0 Å². The van der Waals surface area contributed by atoms with Crippen molar-refractivity contribution in [1.82, 2.24) is 20.4 Å². The van der Waals surface area contributed by atoms with E-state index in [-0.39, 0.29) is 26.4 Å². The summed E-state index contributed by atoms with van der Waals surface area (Å²) in [6.07, 6.45) is 1.51. The molecule has 2 aliphatic rings. The molecule has 4 aromatic rings. The molecule has 4 atom stereocenters. The predicted molar refractivity (Wildman–Crippen MR) is 260 cm³/mol. The van der Waals surface area contributed by atoms with Gasteiger partial charge in [0.15, 0.2) is 0 Å². The number of ether oxygens (including phenoxy) is 6. The lowest BCUT2D eigenvalue weighted by atomic mass is 10.0. The highest BCUT2D eigenvalue weighted by Crippen LogP contribution is 2.27. The third kappa shape index (κ3) is 19.4. The summed E-state index contributed by atoms with van der Waals surface area (Å²) in [5, 5.41) is 49.6. The zero-order chi connectivity index (χ0) is 47.3. The van der Waals surface area contributed by atoms with Crippen LogP contribution in [0.3, 0.4) is 0 Å². The van der Waals surface area contributed by atoms with Crippen LogP contribution in [-0.4, -0.2) is 160 Å². The fourth-order valence-electron chi connectivity index (χ4n) is 7.45. The molecule has 0 amide bonds. The van der Waals surface area contributed by atoms with Crippen molar-refractivity contribution < 1.29 is 48.8 Å². The monoisotopic (exact) mass is 976 g/mol. The first-order valence-corrected chi connectivity index (χ1v) is 23.6. The van der Waals surface area contributed by atoms with Crippen LogP contribution in [0.5, 0.6) is 34.5 Å². The Hall–Kier alpha value is -3.77. The lowest BCUT2D eigenvalue weighted by Crippen LogP contribution is -2.47. The van der Waals surface area contributed by atoms with Crippen LogP contribution < -0.4 is 39.1 Å². The van der Waals surface area contributed by atoms with E-state index >= 15 is 0 Å². The van der Waals surface area contributed by atoms with Crippen molar-refractivity contribution in [3.05, 3.63) is 106 Å². The number of methoxy groups -OCH3 is 2. The molecule has 17 heteroatoms. The Morgan fingerprint density at radius 2 is 0.833 bits per heavy atom. The fourth-order valence-corrected chi connectivity index (χ4v) is 7.86. The topological polar surface area (TPSA) is 167 Å². The number of nitrogens with one attached hydrogen (secondary N) is 2. The summed E-state index contributed by atoms with van der Waals surface area (Å²) >= 11 is 17.9. The molecule has 0 aromatic heterocycles. The molecule has 6 rings (SSSR count). The Morgan fingerprint density at radius 1 is 0.485 bits per heavy atom. The van der Waals surface area contributed by atoms with Gasteiger partial charge in [-0.1, -0.05) is 34.8 Å². The number of aliphatic hydroxyl groups excluding tert-OH is 4. The normalized spacial score (nSPS) is 16.9. The van der Waals surface area contributed by atoms with Crippen molar-refractivity contribution >= 4 is 34.8 Å². The van der Waals surface area contributed by atoms with Gasteiger partial charge in [0, 0.05) is 49.4 Å². The number of likely N-dealkylation sites (tertiary alicyclic amines) is 2. The first-order chi connectivity index (χ1) is 31.8. The minimum absolute atomic E-state index is 0.191. The van der Waals surface area contributed by atoms with Gasteiger partial charge in [0.05, 0.1) is 24.3 Å². The molecule has 0 spiro atoms. The molecule has 0 aliphatic carbocycles. The number of hydrogen-bond acceptors (Lipinski definition) is 14. The summed E-state index contributed by atoms with van der Waals surface area (Å²) in [7, 11) is 3.24. The SMILES string of the molecule is COc1ccc(OC[C@@H](O)CNC2CCN(C[C@H](O)COc3ccc(Cl)c(C)c3)CC2)cc1.COc1ccc(OC[C@H](O)CNC2CCN(C[C@@H](O)COc3ccc(Cl)c(Cl)c3)CC2)cc1. The lowest BCUT2D eigenvalue weighted by Gasteiger charge is -2.33. The molecule has 2 heterocycles. The lowest BCUT2D eigenvalue weighted by molar-refractivity contribution is 0.0555. The van der Waals surface area contributed by atoms with E-state index in [0.717, 1.165) is 68.9 Å². The second-order valence-electron chi connectivity index (χ2n) is 16.7. The van der Waals surface area contributed by atoms with Crippen LogP contribution in [0, 0.1) is 6.92 Å². The average molecular weight is 978 g/mol. The molecule has 0 unspecified atom stereocenters. The van der Waals surface area contributed by atoms with Crippen molar-refractivity contribution in [3.63, 3.8) is 0 Å². The van der Waals surface area contributed by atoms with Crippen molar-refractivity contribution in [2.75, 3.05) is 93.0 Å². The molecular weight excluding hydrogens is 911 g/mol. The molecule has 2 aliphatic heterocycles. The second-order valence-corrected chi connectivity index (χ2v) is 17.9. The number of nitrogens with zero attached hydrogens (tertiary/aromatic N) is 2. The standard InChI is InChI=1S/C25H35ClN2O5.C24H32Cl2N2O5/c1-18-13-24(7-8-25(18)26)33-17-21(30)15-28-11-9-19(10-12-28)27-14-20(29)16-32-23-5-3-22(31-2)4-6-23;1-31-20-2-4-21(5-3-20)32-15-18(29)13-27-17-8-10-28(11-9-17)14-19(30)16-33-22-6-7-23(25)24(26)12-22/h3-8,13,19-21,27,29-30H,9-12,14-17H2,1-2H3;2-7,12,17-19,27,29-30H,8-11,13-16H2,1H3/t20-,21-;18-,19-/m01/s1. The highest BCUT2D eigenvalue weighted by Gasteiger charge is 2.23. The Bertz CT molecular complexity index is 1830. The van der Waals surface area contributed by atoms with E-state index in [1.165, 1.54) is 0 Å². The summed E-state index contributed by atoms with van der Waals surface area (Å²) in [4.78, 5) is 4.48. The molecule has 14 nitrogen and oxygen atoms in total. The van der Waals surface area contributed by atoms with E-state index < -0.39 is 24.4 Å². The number of β-amino-alcohol motifs (C(OH)–C–C–N with tert-alkyl or cyclic N) is 2. The third-order valence-corrected chi connectivity index (χ3v) is 12.5. The van der Waals surface area contributed by atoms with Crippen LogP contribution in [-0.2, 0) is 0 Å². The molecule has 4 aromatic carbocycles. The van der Waals surface area contributed by atoms with Gasteiger partial charge in [-0.05, 0) is 143 Å². The Morgan fingerprint density at radius 3 is 1.23 bits per heavy atom. The van der Waals surface area contributed by atoms with Crippen LogP contribution in [0.2, 0.25) is 15.1 Å². The summed E-state index contributed by atoms with van der Waals surface area (Å²) in [6.45, 7) is 8.46. The van der Waals surface area contributed by atoms with Crippen molar-refractivity contribution in [2.45, 2.75) is 69.1 Å². The number of rotatable bonds is 24. The van der Waals surface area contributed by atoms with Gasteiger partial charge in [0.25, 0.3) is 0 Å². The number of aliphatic hydroxyl groups is 4. The van der Waals surface area contributed by atoms with Crippen molar-refractivity contribution in [1.29, 1.82) is 0 Å². The van der Waals surface area contributed by atoms with Crippen LogP contribution in [0.15, 0.2) is 84.9 Å². The molecule has 0 saturated carbocycles. The van der Waals surface area contributed by atoms with Crippen LogP contribution in [0.4, 0.5) is 0 Å². The summed E-state index contributed by atoms with van der Waals surface area (Å²) < 4.78 is 32.8. The van der Waals surface area contributed by atoms with E-state index in [9.17, 15) is 20.4 Å². The van der Waals surface area contributed by atoms with Gasteiger partial charge < -0.3 is 69.3 Å². The maximum Gasteiger partial charge on any atom is 0.121 e. The number of aryl methyl sites for hydroxylation is 1. The first kappa shape index (κ1) is 53.2. The highest BCUT2D eigenvalue weighted by atomic mass is 35.5. The zero-order valence-corrected chi connectivity index (χ0v) is 40.4. The largest absolute Gasteiger partial charge is 0.497 e. The van der Waals surface area contributed by atoms with Crippen molar-refractivity contribution in [2.24, 2.45) is 0 Å². The van der Waals surface area contributed by atoms with Crippen molar-refractivity contribution in [3.8, 4) is 34.5 Å². The molecule has 2 fully saturated rings. The molecule has 2 saturated heterocycles. The fraction of sp³-hybridized carbons (Fsp3) is 0.510. The maximum absolute atomic E-state index is 10.3. The first-order valence-electron chi connectivity index (χ1n) is 22.5. The zero-order valence-electron chi connectivity index (χ0n) is 38.1. The minimum Gasteiger partial charge on any atom is -0.497 e. The van der Waals surface area contributed by atoms with Gasteiger partial charge in [-0.15, -0.1) is 0 Å². The van der Waals surface area contributed by atoms with Gasteiger partial charge in [-0.2, -0.15) is 0 Å². The smallest absolute Gasteiger partial charge is 0.121 e. The molecule has 0 radical (unpaired) electrons. The Labute approximate surface area is 404 Å². The van der Waals surface area contributed by atoms with E-state index in [1.807, 2.05) is 67.6 Å². The van der Waals surface area contributed by atoms with E-state index in [0.29, 0.717) is 76.3 Å². The molecule has 364 valence electrons. The molecule has 0 bridgehead atoms. The highest BCUT2D eigenvalue weighted by molar-refractivity contribution is 6.42. The summed E-state index contributed by atoms with van der Waals surface area (Å²) in [6, 6.07) is 25.8. The Kier molecular flexibility index (Phi) is 23.0. The minimum atomic E-state index is -0.596. The van der Waals surface area contributed by atoms with E-state index in [4.69, 9.17) is 63.2 Å². The summed E-state index contributed by atoms with van der Waals surface area (Å²) in [5.74, 6) is 4.24. The van der Waals surface area contributed by atoms with Gasteiger partial charge >= 0.3 is 0 Å². The third-order valence-electron chi connectivity index (χ3n) is 11.3. The van der Waals surface area contributed by atoms with Crippen LogP contribution in [0.1, 0.15) is 31.2 Å². The molecular formula is C49H67Cl3N4O10. The number of piperidine rings is 2. The quantitative estimate of drug-likeness (QED) is 0.0475. The maximum atomic E-state index is 10.3. The van der Waals surface area contributed by atoms with Crippen LogP contribution in [0.25, 0.3) is 0 Å². The van der Waals surface area contributed by atoms with E-state index in [2.05, 4.69) is 20.4 Å². The molecule has 66 heavy (non-hydrogen) atoms. The molecule has 6 N–H and O–H groups in total. The number of halogens is 3.